The molecule has 1 saturated heterocycles. The third-order valence-corrected chi connectivity index (χ3v) is 4.05. The van der Waals surface area contributed by atoms with Crippen LogP contribution in [0.5, 0.6) is 0 Å². The molecule has 1 aromatic carbocycles. The molecule has 5 nitrogen and oxygen atoms in total. The third-order valence-electron chi connectivity index (χ3n) is 3.07. The van der Waals surface area contributed by atoms with Gasteiger partial charge in [-0.1, -0.05) is 0 Å². The molecule has 1 aliphatic rings. The van der Waals surface area contributed by atoms with Crippen molar-refractivity contribution in [3.05, 3.63) is 23.8 Å². The molecule has 19 heavy (non-hydrogen) atoms. The molecule has 0 unspecified atom stereocenters. The number of nitrogens with zero attached hydrogens (tertiary/aromatic N) is 1. The van der Waals surface area contributed by atoms with E-state index in [4.69, 9.17) is 10.8 Å². The maximum absolute atomic E-state index is 11.9. The summed E-state index contributed by atoms with van der Waals surface area (Å²) in [5.41, 5.74) is 5.98. The summed E-state index contributed by atoms with van der Waals surface area (Å²) in [4.78, 5) is 25.4. The number of likely N-dealkylation sites (tertiary alicyclic amines) is 1. The van der Waals surface area contributed by atoms with Crippen LogP contribution >= 0.6 is 11.8 Å². The van der Waals surface area contributed by atoms with Crippen LogP contribution in [0.3, 0.4) is 0 Å². The van der Waals surface area contributed by atoms with E-state index in [2.05, 4.69) is 0 Å². The van der Waals surface area contributed by atoms with E-state index in [0.29, 0.717) is 5.75 Å². The van der Waals surface area contributed by atoms with Gasteiger partial charge in [0.2, 0.25) is 5.91 Å². The zero-order valence-corrected chi connectivity index (χ0v) is 11.3. The van der Waals surface area contributed by atoms with Crippen LogP contribution < -0.4 is 5.73 Å². The van der Waals surface area contributed by atoms with Gasteiger partial charge >= 0.3 is 5.97 Å². The molecule has 102 valence electrons. The molecule has 0 bridgehead atoms. The van der Waals surface area contributed by atoms with E-state index >= 15 is 0 Å². The van der Waals surface area contributed by atoms with E-state index in [-0.39, 0.29) is 17.2 Å². The number of carboxylic acid groups (broad SMARTS) is 1. The number of rotatable bonds is 4. The predicted molar refractivity (Wildman–Crippen MR) is 74.4 cm³/mol. The van der Waals surface area contributed by atoms with E-state index in [1.165, 1.54) is 17.8 Å². The Morgan fingerprint density at radius 1 is 1.32 bits per heavy atom. The summed E-state index contributed by atoms with van der Waals surface area (Å²) >= 11 is 1.39. The summed E-state index contributed by atoms with van der Waals surface area (Å²) in [7, 11) is 0. The first-order valence-corrected chi connectivity index (χ1v) is 7.10. The lowest BCUT2D eigenvalue weighted by atomic mass is 10.2. The van der Waals surface area contributed by atoms with E-state index in [1.807, 2.05) is 4.90 Å². The molecule has 6 heteroatoms. The Labute approximate surface area is 115 Å². The summed E-state index contributed by atoms with van der Waals surface area (Å²) in [5, 5.41) is 8.87. The smallest absolute Gasteiger partial charge is 0.337 e. The highest BCUT2D eigenvalue weighted by molar-refractivity contribution is 8.00. The molecule has 1 heterocycles. The fraction of sp³-hybridized carbons (Fsp3) is 0.385. The fourth-order valence-corrected chi connectivity index (χ4v) is 2.88. The SMILES string of the molecule is Nc1cc(SCC(=O)N2CCCC2)ccc1C(=O)O. The first-order valence-electron chi connectivity index (χ1n) is 6.11. The molecule has 2 rings (SSSR count). The number of carbonyl (C=O) groups excluding carboxylic acids is 1. The van der Waals surface area contributed by atoms with Crippen molar-refractivity contribution in [1.82, 2.24) is 4.90 Å². The summed E-state index contributed by atoms with van der Waals surface area (Å²) in [6.45, 7) is 1.69. The van der Waals surface area contributed by atoms with Gasteiger partial charge in [0.1, 0.15) is 0 Å². The van der Waals surface area contributed by atoms with Gasteiger partial charge in [-0.3, -0.25) is 4.79 Å². The number of carbonyl (C=O) groups is 2. The normalized spacial score (nSPS) is 14.6. The number of amides is 1. The molecule has 3 N–H and O–H groups in total. The van der Waals surface area contributed by atoms with Crippen LogP contribution in [0.25, 0.3) is 0 Å². The number of thioether (sulfide) groups is 1. The van der Waals surface area contributed by atoms with Crippen molar-refractivity contribution in [1.29, 1.82) is 0 Å². The highest BCUT2D eigenvalue weighted by Gasteiger charge is 2.18. The molecule has 1 fully saturated rings. The number of nitrogen functional groups attached to an aromatic ring is 1. The zero-order chi connectivity index (χ0) is 13.8. The van der Waals surface area contributed by atoms with Crippen LogP contribution in [-0.2, 0) is 4.79 Å². The number of hydrogen-bond donors (Lipinski definition) is 2. The number of aromatic carboxylic acids is 1. The van der Waals surface area contributed by atoms with Crippen molar-refractivity contribution < 1.29 is 14.7 Å². The van der Waals surface area contributed by atoms with E-state index < -0.39 is 5.97 Å². The zero-order valence-electron chi connectivity index (χ0n) is 10.5. The first kappa shape index (κ1) is 13.7. The van der Waals surface area contributed by atoms with Gasteiger partial charge in [-0.05, 0) is 31.0 Å². The lowest BCUT2D eigenvalue weighted by Gasteiger charge is -2.14. The first-order chi connectivity index (χ1) is 9.08. The Bertz CT molecular complexity index is 499. The van der Waals surface area contributed by atoms with Crippen LogP contribution in [0, 0.1) is 0 Å². The summed E-state index contributed by atoms with van der Waals surface area (Å²) in [6.07, 6.45) is 2.16. The van der Waals surface area contributed by atoms with E-state index in [1.54, 1.807) is 12.1 Å². The van der Waals surface area contributed by atoms with Gasteiger partial charge in [0.05, 0.1) is 11.3 Å². The number of hydrogen-bond acceptors (Lipinski definition) is 4. The average Bonchev–Trinajstić information content (AvgIpc) is 2.89. The molecule has 0 saturated carbocycles. The number of nitrogens with two attached hydrogens (primary N) is 1. The van der Waals surface area contributed by atoms with Crippen molar-refractivity contribution in [2.75, 3.05) is 24.6 Å². The van der Waals surface area contributed by atoms with Crippen LogP contribution in [0.15, 0.2) is 23.1 Å². The minimum Gasteiger partial charge on any atom is -0.478 e. The van der Waals surface area contributed by atoms with Crippen LogP contribution in [0.4, 0.5) is 5.69 Å². The van der Waals surface area contributed by atoms with Gasteiger partial charge in [-0.2, -0.15) is 0 Å². The highest BCUT2D eigenvalue weighted by Crippen LogP contribution is 2.24. The molecule has 1 amide bonds. The molecule has 0 aliphatic carbocycles. The van der Waals surface area contributed by atoms with Crippen molar-refractivity contribution in [2.24, 2.45) is 0 Å². The molecule has 0 radical (unpaired) electrons. The number of anilines is 1. The monoisotopic (exact) mass is 280 g/mol. The molecular formula is C13H16N2O3S. The quantitative estimate of drug-likeness (QED) is 0.647. The molecule has 1 aliphatic heterocycles. The van der Waals surface area contributed by atoms with E-state index in [9.17, 15) is 9.59 Å². The van der Waals surface area contributed by atoms with E-state index in [0.717, 1.165) is 30.8 Å². The lowest BCUT2D eigenvalue weighted by molar-refractivity contribution is -0.127. The van der Waals surface area contributed by atoms with Crippen LogP contribution in [0.2, 0.25) is 0 Å². The predicted octanol–water partition coefficient (Wildman–Crippen LogP) is 1.68. The van der Waals surface area contributed by atoms with Gasteiger partial charge in [0.25, 0.3) is 0 Å². The lowest BCUT2D eigenvalue weighted by Crippen LogP contribution is -2.29. The Morgan fingerprint density at radius 3 is 2.58 bits per heavy atom. The second-order valence-electron chi connectivity index (χ2n) is 4.43. The molecule has 1 aromatic rings. The third kappa shape index (κ3) is 3.41. The summed E-state index contributed by atoms with van der Waals surface area (Å²) in [6, 6.07) is 4.76. The van der Waals surface area contributed by atoms with Crippen LogP contribution in [-0.4, -0.2) is 40.7 Å². The second kappa shape index (κ2) is 5.97. The minimum atomic E-state index is -1.04. The maximum Gasteiger partial charge on any atom is 0.337 e. The highest BCUT2D eigenvalue weighted by atomic mass is 32.2. The molecule has 0 atom stereocenters. The van der Waals surface area contributed by atoms with Gasteiger partial charge in [-0.25, -0.2) is 4.79 Å². The van der Waals surface area contributed by atoms with Gasteiger partial charge in [-0.15, -0.1) is 11.8 Å². The van der Waals surface area contributed by atoms with Crippen molar-refractivity contribution in [3.63, 3.8) is 0 Å². The largest absolute Gasteiger partial charge is 0.478 e. The minimum absolute atomic E-state index is 0.0928. The Morgan fingerprint density at radius 2 is 2.00 bits per heavy atom. The van der Waals surface area contributed by atoms with Gasteiger partial charge in [0, 0.05) is 23.7 Å². The maximum atomic E-state index is 11.9. The Balaban J connectivity index is 1.94. The standard InChI is InChI=1S/C13H16N2O3S/c14-11-7-9(3-4-10(11)13(17)18)19-8-12(16)15-5-1-2-6-15/h3-4,7H,1-2,5-6,8,14H2,(H,17,18). The fourth-order valence-electron chi connectivity index (χ4n) is 2.03. The van der Waals surface area contributed by atoms with Crippen molar-refractivity contribution >= 4 is 29.3 Å². The molecule has 0 spiro atoms. The Kier molecular flexibility index (Phi) is 4.31. The molecule has 0 aromatic heterocycles. The van der Waals surface area contributed by atoms with Gasteiger partial charge < -0.3 is 15.7 Å². The topological polar surface area (TPSA) is 83.6 Å². The summed E-state index contributed by atoms with van der Waals surface area (Å²) < 4.78 is 0. The van der Waals surface area contributed by atoms with Crippen molar-refractivity contribution in [2.45, 2.75) is 17.7 Å². The second-order valence-corrected chi connectivity index (χ2v) is 5.48. The number of benzene rings is 1. The van der Waals surface area contributed by atoms with Crippen LogP contribution in [0.1, 0.15) is 23.2 Å². The number of carboxylic acids is 1. The summed E-state index contributed by atoms with van der Waals surface area (Å²) in [5.74, 6) is -0.545. The average molecular weight is 280 g/mol. The molecular weight excluding hydrogens is 264 g/mol. The van der Waals surface area contributed by atoms with Crippen molar-refractivity contribution in [3.8, 4) is 0 Å². The Hall–Kier alpha value is -1.69. The van der Waals surface area contributed by atoms with Gasteiger partial charge in [0.15, 0.2) is 0 Å².